The topological polar surface area (TPSA) is 87.2 Å². The molecular weight excluding hydrogens is 274 g/mol. The maximum Gasteiger partial charge on any atom is 0.417 e. The Morgan fingerprint density at radius 2 is 1.68 bits per heavy atom. The highest BCUT2D eigenvalue weighted by Gasteiger charge is 2.47. The first-order chi connectivity index (χ1) is 9.00. The smallest absolute Gasteiger partial charge is 0.417 e. The molecule has 0 aromatic heterocycles. The van der Waals surface area contributed by atoms with Crippen LogP contribution in [0.1, 0.15) is 12.8 Å². The molecule has 19 heavy (non-hydrogen) atoms. The van der Waals surface area contributed by atoms with Gasteiger partial charge < -0.3 is 4.74 Å². The van der Waals surface area contributed by atoms with Crippen LogP contribution in [-0.4, -0.2) is 72.8 Å². The van der Waals surface area contributed by atoms with E-state index in [0.29, 0.717) is 13.1 Å². The van der Waals surface area contributed by atoms with E-state index in [9.17, 15) is 18.0 Å². The fourth-order valence-corrected chi connectivity index (χ4v) is 4.33. The molecule has 0 spiro atoms. The van der Waals surface area contributed by atoms with Gasteiger partial charge in [-0.1, -0.05) is 0 Å². The van der Waals surface area contributed by atoms with Crippen LogP contribution in [0.4, 0.5) is 4.79 Å². The minimum Gasteiger partial charge on any atom is -0.439 e. The van der Waals surface area contributed by atoms with Crippen LogP contribution >= 0.6 is 0 Å². The van der Waals surface area contributed by atoms with E-state index < -0.39 is 22.2 Å². The van der Waals surface area contributed by atoms with E-state index in [1.807, 2.05) is 0 Å². The van der Waals surface area contributed by atoms with Gasteiger partial charge in [0, 0.05) is 26.2 Å². The average Bonchev–Trinajstić information content (AvgIpc) is 2.91. The van der Waals surface area contributed by atoms with Gasteiger partial charge in [0.25, 0.3) is 16.1 Å². The lowest BCUT2D eigenvalue weighted by molar-refractivity contribution is -0.128. The molecule has 3 aliphatic heterocycles. The Kier molecular flexibility index (Phi) is 2.99. The highest BCUT2D eigenvalue weighted by molar-refractivity contribution is 7.86. The van der Waals surface area contributed by atoms with Crippen LogP contribution in [0.3, 0.4) is 0 Å². The van der Waals surface area contributed by atoms with Crippen molar-refractivity contribution >= 4 is 22.2 Å². The van der Waals surface area contributed by atoms with Gasteiger partial charge in [0.2, 0.25) is 0 Å². The number of amides is 2. The van der Waals surface area contributed by atoms with E-state index in [1.54, 1.807) is 0 Å². The zero-order valence-electron chi connectivity index (χ0n) is 10.3. The first-order valence-electron chi connectivity index (χ1n) is 6.24. The van der Waals surface area contributed by atoms with Crippen LogP contribution in [0, 0.1) is 0 Å². The molecule has 0 aliphatic carbocycles. The van der Waals surface area contributed by atoms with Crippen molar-refractivity contribution in [2.45, 2.75) is 18.9 Å². The molecule has 0 atom stereocenters. The lowest BCUT2D eigenvalue weighted by Crippen LogP contribution is -2.64. The number of imide groups is 1. The van der Waals surface area contributed by atoms with Crippen LogP contribution in [0.25, 0.3) is 0 Å². The lowest BCUT2D eigenvalue weighted by Gasteiger charge is -2.42. The van der Waals surface area contributed by atoms with Gasteiger partial charge in [-0.05, 0) is 12.8 Å². The molecule has 3 fully saturated rings. The summed E-state index contributed by atoms with van der Waals surface area (Å²) in [6.07, 6.45) is 1.09. The van der Waals surface area contributed by atoms with Crippen molar-refractivity contribution in [2.75, 3.05) is 32.8 Å². The number of cyclic esters (lactones) is 1. The van der Waals surface area contributed by atoms with Gasteiger partial charge >= 0.3 is 6.09 Å². The fourth-order valence-electron chi connectivity index (χ4n) is 2.57. The Balaban J connectivity index is 1.63. The molecule has 9 heteroatoms. The number of hydrogen-bond donors (Lipinski definition) is 0. The van der Waals surface area contributed by atoms with Crippen molar-refractivity contribution in [3.8, 4) is 0 Å². The van der Waals surface area contributed by atoms with E-state index >= 15 is 0 Å². The molecule has 0 saturated carbocycles. The van der Waals surface area contributed by atoms with Crippen LogP contribution in [0.15, 0.2) is 0 Å². The van der Waals surface area contributed by atoms with Crippen LogP contribution in [0.2, 0.25) is 0 Å². The SMILES string of the molecule is O=C1COC(=O)N1C1CN(S(=O)(=O)N2CCCC2)C1. The van der Waals surface area contributed by atoms with E-state index in [1.165, 1.54) is 8.61 Å². The van der Waals surface area contributed by atoms with Gasteiger partial charge in [-0.25, -0.2) is 9.69 Å². The molecule has 0 unspecified atom stereocenters. The molecule has 8 nitrogen and oxygen atoms in total. The summed E-state index contributed by atoms with van der Waals surface area (Å²) < 4.78 is 31.7. The van der Waals surface area contributed by atoms with Crippen LogP contribution < -0.4 is 0 Å². The molecule has 3 aliphatic rings. The second-order valence-corrected chi connectivity index (χ2v) is 6.83. The van der Waals surface area contributed by atoms with Crippen LogP contribution in [-0.2, 0) is 19.7 Å². The number of nitrogens with zero attached hydrogens (tertiary/aromatic N) is 3. The molecule has 3 heterocycles. The quantitative estimate of drug-likeness (QED) is 0.664. The van der Waals surface area contributed by atoms with Crippen molar-refractivity contribution in [3.05, 3.63) is 0 Å². The zero-order chi connectivity index (χ0) is 13.6. The summed E-state index contributed by atoms with van der Waals surface area (Å²) in [4.78, 5) is 23.8. The Labute approximate surface area is 111 Å². The van der Waals surface area contributed by atoms with Gasteiger partial charge in [0.15, 0.2) is 6.61 Å². The number of rotatable bonds is 3. The second kappa shape index (κ2) is 4.43. The Morgan fingerprint density at radius 3 is 2.21 bits per heavy atom. The van der Waals surface area contributed by atoms with Gasteiger partial charge in [-0.3, -0.25) is 4.79 Å². The Bertz CT molecular complexity index is 491. The average molecular weight is 289 g/mol. The third kappa shape index (κ3) is 2.01. The summed E-state index contributed by atoms with van der Waals surface area (Å²) >= 11 is 0. The molecule has 0 N–H and O–H groups in total. The van der Waals surface area contributed by atoms with E-state index in [0.717, 1.165) is 17.7 Å². The van der Waals surface area contributed by atoms with Crippen molar-refractivity contribution in [2.24, 2.45) is 0 Å². The fraction of sp³-hybridized carbons (Fsp3) is 0.800. The maximum absolute atomic E-state index is 12.2. The van der Waals surface area contributed by atoms with Crippen molar-refractivity contribution in [1.82, 2.24) is 13.5 Å². The largest absolute Gasteiger partial charge is 0.439 e. The third-order valence-corrected chi connectivity index (χ3v) is 5.66. The van der Waals surface area contributed by atoms with E-state index in [4.69, 9.17) is 0 Å². The number of carbonyl (C=O) groups is 2. The number of ether oxygens (including phenoxy) is 1. The molecule has 3 rings (SSSR count). The molecule has 106 valence electrons. The zero-order valence-corrected chi connectivity index (χ0v) is 11.1. The Morgan fingerprint density at radius 1 is 1.05 bits per heavy atom. The van der Waals surface area contributed by atoms with E-state index in [-0.39, 0.29) is 25.7 Å². The van der Waals surface area contributed by atoms with Crippen molar-refractivity contribution in [1.29, 1.82) is 0 Å². The normalized spacial score (nSPS) is 26.8. The predicted octanol–water partition coefficient (Wildman–Crippen LogP) is -1.01. The molecule has 2 amide bonds. The molecular formula is C10H15N3O5S. The molecule has 3 saturated heterocycles. The van der Waals surface area contributed by atoms with Crippen LogP contribution in [0.5, 0.6) is 0 Å². The monoisotopic (exact) mass is 289 g/mol. The minimum absolute atomic E-state index is 0.166. The highest BCUT2D eigenvalue weighted by atomic mass is 32.2. The highest BCUT2D eigenvalue weighted by Crippen LogP contribution is 2.25. The summed E-state index contributed by atoms with van der Waals surface area (Å²) in [5, 5.41) is 0. The Hall–Kier alpha value is -1.19. The van der Waals surface area contributed by atoms with E-state index in [2.05, 4.69) is 4.74 Å². The molecule has 0 radical (unpaired) electrons. The second-order valence-electron chi connectivity index (χ2n) is 4.90. The third-order valence-electron chi connectivity index (χ3n) is 3.70. The minimum atomic E-state index is -3.42. The standard InChI is InChI=1S/C10H15N3O5S/c14-9-7-18-10(15)13(9)8-5-12(6-8)19(16,17)11-3-1-2-4-11/h8H,1-7H2. The van der Waals surface area contributed by atoms with Crippen molar-refractivity contribution < 1.29 is 22.7 Å². The summed E-state index contributed by atoms with van der Waals surface area (Å²) in [7, 11) is -3.42. The molecule has 0 bridgehead atoms. The molecule has 0 aromatic carbocycles. The number of carbonyl (C=O) groups excluding carboxylic acids is 2. The molecule has 0 aromatic rings. The first kappa shape index (κ1) is 12.8. The summed E-state index contributed by atoms with van der Waals surface area (Å²) in [6, 6.07) is -0.389. The summed E-state index contributed by atoms with van der Waals surface area (Å²) in [5.41, 5.74) is 0. The van der Waals surface area contributed by atoms with Gasteiger partial charge in [0.05, 0.1) is 6.04 Å². The van der Waals surface area contributed by atoms with Gasteiger partial charge in [-0.15, -0.1) is 0 Å². The van der Waals surface area contributed by atoms with Gasteiger partial charge in [0.1, 0.15) is 0 Å². The maximum atomic E-state index is 12.2. The van der Waals surface area contributed by atoms with Gasteiger partial charge in [-0.2, -0.15) is 17.0 Å². The van der Waals surface area contributed by atoms with Crippen molar-refractivity contribution in [3.63, 3.8) is 0 Å². The first-order valence-corrected chi connectivity index (χ1v) is 7.64. The summed E-state index contributed by atoms with van der Waals surface area (Å²) in [5.74, 6) is -0.395. The summed E-state index contributed by atoms with van der Waals surface area (Å²) in [6.45, 7) is 1.19. The number of hydrogen-bond acceptors (Lipinski definition) is 5. The lowest BCUT2D eigenvalue weighted by atomic mass is 10.1. The predicted molar refractivity (Wildman–Crippen MR) is 63.3 cm³/mol.